The number of fused-ring (bicyclic) bond motifs is 1. The number of carbonyl (C=O) groups is 3. The van der Waals surface area contributed by atoms with Crippen molar-refractivity contribution in [1.29, 1.82) is 0 Å². The van der Waals surface area contributed by atoms with Crippen LogP contribution in [0.1, 0.15) is 42.5 Å². The van der Waals surface area contributed by atoms with Crippen LogP contribution in [0.3, 0.4) is 0 Å². The van der Waals surface area contributed by atoms with Crippen molar-refractivity contribution < 1.29 is 19.1 Å². The maximum absolute atomic E-state index is 12.5. The van der Waals surface area contributed by atoms with Crippen LogP contribution in [0.5, 0.6) is 5.75 Å². The summed E-state index contributed by atoms with van der Waals surface area (Å²) in [6.45, 7) is 0.888. The molecule has 2 N–H and O–H groups in total. The highest BCUT2D eigenvalue weighted by Gasteiger charge is 2.40. The monoisotopic (exact) mass is 357 g/mol. The van der Waals surface area contributed by atoms with E-state index in [0.717, 1.165) is 12.8 Å². The zero-order chi connectivity index (χ0) is 18.1. The van der Waals surface area contributed by atoms with Gasteiger partial charge in [0, 0.05) is 25.4 Å². The Morgan fingerprint density at radius 3 is 2.88 bits per heavy atom. The topological polar surface area (TPSA) is 87.7 Å². The van der Waals surface area contributed by atoms with Crippen molar-refractivity contribution in [2.75, 3.05) is 19.6 Å². The Kier molecular flexibility index (Phi) is 4.30. The SMILES string of the molecule is O=C(CN1CCC2(CCC1=O)CNC(=O)c1ccccc1O2)NC1CC1. The van der Waals surface area contributed by atoms with E-state index in [4.69, 9.17) is 4.74 Å². The molecular formula is C19H23N3O4. The third-order valence-electron chi connectivity index (χ3n) is 5.29. The van der Waals surface area contributed by atoms with Crippen molar-refractivity contribution >= 4 is 17.7 Å². The third-order valence-corrected chi connectivity index (χ3v) is 5.29. The first-order chi connectivity index (χ1) is 12.5. The van der Waals surface area contributed by atoms with Gasteiger partial charge in [-0.1, -0.05) is 12.1 Å². The van der Waals surface area contributed by atoms with Crippen molar-refractivity contribution in [3.63, 3.8) is 0 Å². The molecule has 4 rings (SSSR count). The predicted octanol–water partition coefficient (Wildman–Crippen LogP) is 0.839. The van der Waals surface area contributed by atoms with Crippen LogP contribution in [0, 0.1) is 0 Å². The average molecular weight is 357 g/mol. The third kappa shape index (κ3) is 3.52. The summed E-state index contributed by atoms with van der Waals surface area (Å²) in [5, 5.41) is 5.84. The number of benzene rings is 1. The molecule has 0 aromatic heterocycles. The van der Waals surface area contributed by atoms with Gasteiger partial charge < -0.3 is 20.3 Å². The molecule has 1 aromatic carbocycles. The van der Waals surface area contributed by atoms with Crippen molar-refractivity contribution in [3.05, 3.63) is 29.8 Å². The molecule has 3 aliphatic rings. The van der Waals surface area contributed by atoms with E-state index >= 15 is 0 Å². The summed E-state index contributed by atoms with van der Waals surface area (Å²) >= 11 is 0. The van der Waals surface area contributed by atoms with Gasteiger partial charge in [-0.05, 0) is 31.4 Å². The van der Waals surface area contributed by atoms with Gasteiger partial charge >= 0.3 is 0 Å². The predicted molar refractivity (Wildman–Crippen MR) is 93.7 cm³/mol. The lowest BCUT2D eigenvalue weighted by Crippen LogP contribution is -2.46. The number of hydrogen-bond donors (Lipinski definition) is 2. The smallest absolute Gasteiger partial charge is 0.255 e. The molecule has 1 aliphatic carbocycles. The fourth-order valence-corrected chi connectivity index (χ4v) is 3.55. The van der Waals surface area contributed by atoms with Gasteiger partial charge in [0.2, 0.25) is 11.8 Å². The number of rotatable bonds is 3. The summed E-state index contributed by atoms with van der Waals surface area (Å²) in [6, 6.07) is 7.45. The van der Waals surface area contributed by atoms with E-state index < -0.39 is 5.60 Å². The Balaban J connectivity index is 1.47. The second-order valence-electron chi connectivity index (χ2n) is 7.37. The molecule has 138 valence electrons. The lowest BCUT2D eigenvalue weighted by atomic mass is 9.94. The number of amides is 3. The fraction of sp³-hybridized carbons (Fsp3) is 0.526. The zero-order valence-corrected chi connectivity index (χ0v) is 14.6. The van der Waals surface area contributed by atoms with Crippen molar-refractivity contribution in [2.45, 2.75) is 43.7 Å². The summed E-state index contributed by atoms with van der Waals surface area (Å²) in [6.07, 6.45) is 3.44. The van der Waals surface area contributed by atoms with Crippen LogP contribution in [0.2, 0.25) is 0 Å². The molecule has 1 spiro atoms. The van der Waals surface area contributed by atoms with E-state index in [2.05, 4.69) is 10.6 Å². The molecule has 1 saturated carbocycles. The largest absolute Gasteiger partial charge is 0.485 e. The lowest BCUT2D eigenvalue weighted by Gasteiger charge is -2.32. The molecule has 1 atom stereocenters. The van der Waals surface area contributed by atoms with E-state index in [9.17, 15) is 14.4 Å². The normalized spacial score (nSPS) is 25.6. The molecule has 2 fully saturated rings. The maximum atomic E-state index is 12.5. The van der Waals surface area contributed by atoms with Crippen LogP contribution in [0.4, 0.5) is 0 Å². The Hall–Kier alpha value is -2.57. The van der Waals surface area contributed by atoms with Gasteiger partial charge in [0.15, 0.2) is 0 Å². The molecule has 7 nitrogen and oxygen atoms in total. The van der Waals surface area contributed by atoms with Crippen molar-refractivity contribution in [1.82, 2.24) is 15.5 Å². The fourth-order valence-electron chi connectivity index (χ4n) is 3.55. The van der Waals surface area contributed by atoms with Gasteiger partial charge in [-0.3, -0.25) is 14.4 Å². The summed E-state index contributed by atoms with van der Waals surface area (Å²) in [7, 11) is 0. The number of nitrogens with one attached hydrogen (secondary N) is 2. The van der Waals surface area contributed by atoms with Crippen LogP contribution in [-0.4, -0.2) is 53.9 Å². The molecule has 2 aliphatic heterocycles. The first kappa shape index (κ1) is 16.9. The first-order valence-electron chi connectivity index (χ1n) is 9.18. The van der Waals surface area contributed by atoms with Crippen LogP contribution in [0.15, 0.2) is 24.3 Å². The Bertz CT molecular complexity index is 746. The maximum Gasteiger partial charge on any atom is 0.255 e. The Morgan fingerprint density at radius 2 is 2.08 bits per heavy atom. The molecule has 7 heteroatoms. The average Bonchev–Trinajstić information content (AvgIpc) is 3.46. The summed E-state index contributed by atoms with van der Waals surface area (Å²) in [5.41, 5.74) is -0.111. The highest BCUT2D eigenvalue weighted by atomic mass is 16.5. The van der Waals surface area contributed by atoms with Crippen LogP contribution < -0.4 is 15.4 Å². The summed E-state index contributed by atoms with van der Waals surface area (Å²) < 4.78 is 6.25. The molecule has 3 amide bonds. The van der Waals surface area contributed by atoms with E-state index in [0.29, 0.717) is 43.7 Å². The van der Waals surface area contributed by atoms with E-state index in [1.807, 2.05) is 6.07 Å². The van der Waals surface area contributed by atoms with E-state index in [1.165, 1.54) is 0 Å². The van der Waals surface area contributed by atoms with Gasteiger partial charge in [-0.15, -0.1) is 0 Å². The minimum Gasteiger partial charge on any atom is -0.485 e. The minimum absolute atomic E-state index is 0.0414. The standard InChI is InChI=1S/C19H23N3O4/c23-16(21-13-5-6-13)11-22-10-9-19(8-7-17(22)24)12-20-18(25)14-3-1-2-4-15(14)26-19/h1-4,13H,5-12H2,(H,20,25)(H,21,23). The van der Waals surface area contributed by atoms with Gasteiger partial charge in [-0.2, -0.15) is 0 Å². The number of carbonyl (C=O) groups excluding carboxylic acids is 3. The number of para-hydroxylation sites is 1. The van der Waals surface area contributed by atoms with Crippen LogP contribution in [-0.2, 0) is 9.59 Å². The summed E-state index contributed by atoms with van der Waals surface area (Å²) in [5.74, 6) is 0.251. The highest BCUT2D eigenvalue weighted by Crippen LogP contribution is 2.33. The number of nitrogens with zero attached hydrogens (tertiary/aromatic N) is 1. The van der Waals surface area contributed by atoms with Gasteiger partial charge in [0.1, 0.15) is 11.4 Å². The molecule has 0 bridgehead atoms. The molecular weight excluding hydrogens is 334 g/mol. The lowest BCUT2D eigenvalue weighted by molar-refractivity contribution is -0.135. The molecule has 1 aromatic rings. The van der Waals surface area contributed by atoms with Gasteiger partial charge in [0.25, 0.3) is 5.91 Å². The molecule has 26 heavy (non-hydrogen) atoms. The number of ether oxygens (including phenoxy) is 1. The van der Waals surface area contributed by atoms with Crippen molar-refractivity contribution in [3.8, 4) is 5.75 Å². The number of hydrogen-bond acceptors (Lipinski definition) is 4. The van der Waals surface area contributed by atoms with Crippen molar-refractivity contribution in [2.24, 2.45) is 0 Å². The molecule has 1 unspecified atom stereocenters. The van der Waals surface area contributed by atoms with Gasteiger partial charge in [-0.25, -0.2) is 0 Å². The second-order valence-corrected chi connectivity index (χ2v) is 7.37. The van der Waals surface area contributed by atoms with Crippen LogP contribution >= 0.6 is 0 Å². The highest BCUT2D eigenvalue weighted by molar-refractivity contribution is 5.97. The quantitative estimate of drug-likeness (QED) is 0.839. The second kappa shape index (κ2) is 6.63. The summed E-state index contributed by atoms with van der Waals surface area (Å²) in [4.78, 5) is 38.4. The first-order valence-corrected chi connectivity index (χ1v) is 9.18. The minimum atomic E-state index is -0.625. The molecule has 2 heterocycles. The van der Waals surface area contributed by atoms with E-state index in [-0.39, 0.29) is 30.3 Å². The zero-order valence-electron chi connectivity index (χ0n) is 14.6. The van der Waals surface area contributed by atoms with Crippen LogP contribution in [0.25, 0.3) is 0 Å². The molecule has 1 saturated heterocycles. The number of likely N-dealkylation sites (tertiary alicyclic amines) is 1. The molecule has 0 radical (unpaired) electrons. The Morgan fingerprint density at radius 1 is 1.27 bits per heavy atom. The Labute approximate surface area is 152 Å². The van der Waals surface area contributed by atoms with E-state index in [1.54, 1.807) is 23.1 Å². The van der Waals surface area contributed by atoms with Gasteiger partial charge in [0.05, 0.1) is 18.7 Å².